The Morgan fingerprint density at radius 3 is 2.60 bits per heavy atom. The maximum absolute atomic E-state index is 5.25. The normalized spacial score (nSPS) is 12.0. The van der Waals surface area contributed by atoms with Crippen molar-refractivity contribution >= 4 is 11.8 Å². The molecule has 86 valence electrons. The Kier molecular flexibility index (Phi) is 4.60. The maximum Gasteiger partial charge on any atom is 0.276 e. The van der Waals surface area contributed by atoms with Gasteiger partial charge in [-0.2, -0.15) is 0 Å². The molecule has 0 saturated heterocycles. The molecule has 1 aromatic rings. The Morgan fingerprint density at radius 1 is 1.33 bits per heavy atom. The number of hydrogen-bond acceptors (Lipinski definition) is 5. The first kappa shape index (κ1) is 12.5. The van der Waals surface area contributed by atoms with Crippen molar-refractivity contribution in [3.63, 3.8) is 0 Å². The monoisotopic (exact) mass is 229 g/mol. The molecule has 0 aliphatic carbocycles. The van der Waals surface area contributed by atoms with E-state index in [2.05, 4.69) is 36.3 Å². The first-order valence-electron chi connectivity index (χ1n) is 5.15. The van der Waals surface area contributed by atoms with Gasteiger partial charge in [0, 0.05) is 18.2 Å². The summed E-state index contributed by atoms with van der Waals surface area (Å²) < 4.78 is 5.25. The van der Waals surface area contributed by atoms with Gasteiger partial charge >= 0.3 is 0 Å². The smallest absolute Gasteiger partial charge is 0.276 e. The van der Waals surface area contributed by atoms with Crippen molar-refractivity contribution in [3.05, 3.63) is 5.89 Å². The summed E-state index contributed by atoms with van der Waals surface area (Å²) in [6.45, 7) is 9.33. The third-order valence-corrected chi connectivity index (χ3v) is 2.61. The van der Waals surface area contributed by atoms with Gasteiger partial charge in [0.25, 0.3) is 5.22 Å². The third kappa shape index (κ3) is 5.79. The van der Waals surface area contributed by atoms with Gasteiger partial charge in [0.05, 0.1) is 0 Å². The average molecular weight is 229 g/mol. The van der Waals surface area contributed by atoms with Crippen LogP contribution in [0.5, 0.6) is 0 Å². The second kappa shape index (κ2) is 5.51. The van der Waals surface area contributed by atoms with Crippen molar-refractivity contribution in [1.82, 2.24) is 15.5 Å². The van der Waals surface area contributed by atoms with Crippen LogP contribution < -0.4 is 5.32 Å². The minimum absolute atomic E-state index is 0.200. The van der Waals surface area contributed by atoms with Crippen molar-refractivity contribution in [1.29, 1.82) is 0 Å². The van der Waals surface area contributed by atoms with Crippen LogP contribution in [0.4, 0.5) is 0 Å². The van der Waals surface area contributed by atoms with E-state index in [1.807, 2.05) is 0 Å². The Labute approximate surface area is 95.2 Å². The van der Waals surface area contributed by atoms with E-state index >= 15 is 0 Å². The first-order valence-corrected chi connectivity index (χ1v) is 6.14. The van der Waals surface area contributed by atoms with Crippen LogP contribution in [-0.4, -0.2) is 28.0 Å². The second-order valence-corrected chi connectivity index (χ2v) is 5.51. The van der Waals surface area contributed by atoms with Gasteiger partial charge in [-0.15, -0.1) is 10.2 Å². The highest BCUT2D eigenvalue weighted by Gasteiger charge is 2.07. The second-order valence-electron chi connectivity index (χ2n) is 4.47. The minimum atomic E-state index is 0.200. The molecule has 0 unspecified atom stereocenters. The van der Waals surface area contributed by atoms with Gasteiger partial charge in [0.15, 0.2) is 0 Å². The molecule has 0 radical (unpaired) electrons. The summed E-state index contributed by atoms with van der Waals surface area (Å²) in [5, 5.41) is 11.8. The van der Waals surface area contributed by atoms with Crippen LogP contribution in [0, 0.1) is 6.92 Å². The molecule has 0 spiro atoms. The zero-order valence-corrected chi connectivity index (χ0v) is 10.6. The zero-order valence-electron chi connectivity index (χ0n) is 9.83. The fourth-order valence-electron chi connectivity index (χ4n) is 1.03. The first-order chi connectivity index (χ1) is 6.97. The van der Waals surface area contributed by atoms with E-state index < -0.39 is 0 Å². The predicted molar refractivity (Wildman–Crippen MR) is 62.1 cm³/mol. The van der Waals surface area contributed by atoms with E-state index in [9.17, 15) is 0 Å². The molecule has 4 nitrogen and oxygen atoms in total. The minimum Gasteiger partial charge on any atom is -0.416 e. The molecular weight excluding hydrogens is 210 g/mol. The Balaban J connectivity index is 2.07. The Morgan fingerprint density at radius 2 is 2.07 bits per heavy atom. The molecule has 0 aromatic carbocycles. The fraction of sp³-hybridized carbons (Fsp3) is 0.800. The SMILES string of the molecule is Cc1nnc(SCCCNC(C)(C)C)o1. The molecular formula is C10H19N3OS. The quantitative estimate of drug-likeness (QED) is 0.620. The lowest BCUT2D eigenvalue weighted by molar-refractivity contribution is 0.424. The average Bonchev–Trinajstić information content (AvgIpc) is 2.49. The van der Waals surface area contributed by atoms with Crippen molar-refractivity contribution in [2.75, 3.05) is 12.3 Å². The highest BCUT2D eigenvalue weighted by Crippen LogP contribution is 2.16. The third-order valence-electron chi connectivity index (χ3n) is 1.71. The molecule has 1 rings (SSSR count). The Hall–Kier alpha value is -0.550. The van der Waals surface area contributed by atoms with Crippen molar-refractivity contribution in [2.24, 2.45) is 0 Å². The molecule has 5 heteroatoms. The van der Waals surface area contributed by atoms with Crippen LogP contribution in [0.25, 0.3) is 0 Å². The number of aryl methyl sites for hydroxylation is 1. The molecule has 1 N–H and O–H groups in total. The van der Waals surface area contributed by atoms with E-state index in [0.717, 1.165) is 18.7 Å². The van der Waals surface area contributed by atoms with Crippen LogP contribution in [0.15, 0.2) is 9.64 Å². The highest BCUT2D eigenvalue weighted by molar-refractivity contribution is 7.99. The summed E-state index contributed by atoms with van der Waals surface area (Å²) in [5.74, 6) is 1.63. The summed E-state index contributed by atoms with van der Waals surface area (Å²) in [5.41, 5.74) is 0.200. The van der Waals surface area contributed by atoms with E-state index in [-0.39, 0.29) is 5.54 Å². The van der Waals surface area contributed by atoms with Crippen LogP contribution in [0.2, 0.25) is 0 Å². The molecule has 0 amide bonds. The van der Waals surface area contributed by atoms with Gasteiger partial charge in [0.1, 0.15) is 0 Å². The van der Waals surface area contributed by atoms with Gasteiger partial charge in [-0.25, -0.2) is 0 Å². The van der Waals surface area contributed by atoms with Crippen LogP contribution in [0.3, 0.4) is 0 Å². The van der Waals surface area contributed by atoms with Gasteiger partial charge in [-0.05, 0) is 33.7 Å². The van der Waals surface area contributed by atoms with Crippen molar-refractivity contribution in [3.8, 4) is 0 Å². The topological polar surface area (TPSA) is 51.0 Å². The largest absolute Gasteiger partial charge is 0.416 e. The van der Waals surface area contributed by atoms with Crippen LogP contribution in [0.1, 0.15) is 33.1 Å². The van der Waals surface area contributed by atoms with Crippen LogP contribution >= 0.6 is 11.8 Å². The highest BCUT2D eigenvalue weighted by atomic mass is 32.2. The lowest BCUT2D eigenvalue weighted by Gasteiger charge is -2.20. The van der Waals surface area contributed by atoms with Gasteiger partial charge in [-0.3, -0.25) is 0 Å². The van der Waals surface area contributed by atoms with E-state index in [0.29, 0.717) is 11.1 Å². The molecule has 15 heavy (non-hydrogen) atoms. The fourth-order valence-corrected chi connectivity index (χ4v) is 1.77. The number of thioether (sulfide) groups is 1. The molecule has 0 atom stereocenters. The van der Waals surface area contributed by atoms with E-state index in [1.165, 1.54) is 0 Å². The number of nitrogens with one attached hydrogen (secondary N) is 1. The standard InChI is InChI=1S/C10H19N3OS/c1-8-12-13-9(14-8)15-7-5-6-11-10(2,3)4/h11H,5-7H2,1-4H3. The summed E-state index contributed by atoms with van der Waals surface area (Å²) >= 11 is 1.61. The van der Waals surface area contributed by atoms with E-state index in [4.69, 9.17) is 4.42 Å². The molecule has 0 fully saturated rings. The number of nitrogens with zero attached hydrogens (tertiary/aromatic N) is 2. The molecule has 0 aliphatic rings. The van der Waals surface area contributed by atoms with Crippen LogP contribution in [-0.2, 0) is 0 Å². The summed E-state index contributed by atoms with van der Waals surface area (Å²) in [4.78, 5) is 0. The zero-order chi connectivity index (χ0) is 11.3. The molecule has 1 heterocycles. The molecule has 1 aromatic heterocycles. The van der Waals surface area contributed by atoms with Gasteiger partial charge in [-0.1, -0.05) is 11.8 Å². The maximum atomic E-state index is 5.25. The van der Waals surface area contributed by atoms with E-state index in [1.54, 1.807) is 18.7 Å². The van der Waals surface area contributed by atoms with Gasteiger partial charge < -0.3 is 9.73 Å². The van der Waals surface area contributed by atoms with Crippen molar-refractivity contribution < 1.29 is 4.42 Å². The van der Waals surface area contributed by atoms with Gasteiger partial charge in [0.2, 0.25) is 5.89 Å². The number of hydrogen-bond donors (Lipinski definition) is 1. The summed E-state index contributed by atoms with van der Waals surface area (Å²) in [6, 6.07) is 0. The molecule has 0 bridgehead atoms. The van der Waals surface area contributed by atoms with Crippen molar-refractivity contribution in [2.45, 2.75) is 44.9 Å². The number of aromatic nitrogens is 2. The molecule has 0 aliphatic heterocycles. The molecule has 0 saturated carbocycles. The summed E-state index contributed by atoms with van der Waals surface area (Å²) in [7, 11) is 0. The summed E-state index contributed by atoms with van der Waals surface area (Å²) in [6.07, 6.45) is 1.10. The lowest BCUT2D eigenvalue weighted by atomic mass is 10.1. The predicted octanol–water partition coefficient (Wildman–Crippen LogP) is 2.25. The Bertz CT molecular complexity index is 293. The number of rotatable bonds is 5. The lowest BCUT2D eigenvalue weighted by Crippen LogP contribution is -2.36.